The number of halogens is 6. The van der Waals surface area contributed by atoms with Crippen LogP contribution in [0.15, 0.2) is 0 Å². The van der Waals surface area contributed by atoms with Crippen LogP contribution in [0, 0.1) is 0 Å². The number of quaternary nitrogens is 1. The summed E-state index contributed by atoms with van der Waals surface area (Å²) < 4.78 is 22.8. The summed E-state index contributed by atoms with van der Waals surface area (Å²) in [5.41, 5.74) is 0. The summed E-state index contributed by atoms with van der Waals surface area (Å²) >= 11 is 0. The zero-order chi connectivity index (χ0) is 25.3. The van der Waals surface area contributed by atoms with Gasteiger partial charge in [0.1, 0.15) is 0 Å². The van der Waals surface area contributed by atoms with Crippen molar-refractivity contribution < 1.29 is 154 Å². The Hall–Kier alpha value is 3.72. The number of hydrogen-bond donors (Lipinski definition) is 0. The molecule has 0 rings (SSSR count). The van der Waals surface area contributed by atoms with Crippen LogP contribution in [0.25, 0.3) is 0 Å². The van der Waals surface area contributed by atoms with Crippen LogP contribution >= 0.6 is 0 Å². The molecule has 0 aromatic heterocycles. The standard InChI is InChI=1S/C19H42N.C8H20O4Si.Al.6ClH.Co.Na.2H2O/c1-5-6-7-8-9-10-11-12-13-14-15-16-17-18-19-20(2,3)4;1-5-9-13(10-6-2,11-7-3)12-8-4;;;;;;;;;;;/h5-19H2,1-4H3;5-8H2,1-4H3;;6*1H;;;2*1H2/q+1;;+3;;;;;;;+2;+1;;/p-7. The molecule has 0 saturated heterocycles. The summed E-state index contributed by atoms with van der Waals surface area (Å²) in [4.78, 5) is 0. The van der Waals surface area contributed by atoms with E-state index in [2.05, 4.69) is 28.1 Å². The van der Waals surface area contributed by atoms with E-state index in [1.807, 2.05) is 27.7 Å². The van der Waals surface area contributed by atoms with E-state index in [1.54, 1.807) is 0 Å². The molecule has 0 amide bonds. The van der Waals surface area contributed by atoms with E-state index in [0.29, 0.717) is 26.4 Å². The van der Waals surface area contributed by atoms with Gasteiger partial charge in [0.05, 0.1) is 27.7 Å². The molecule has 0 saturated carbocycles. The minimum atomic E-state index is -2.80. The fourth-order valence-corrected chi connectivity index (χ4v) is 5.65. The van der Waals surface area contributed by atoms with Crippen molar-refractivity contribution in [2.24, 2.45) is 0 Å². The molecule has 0 unspecified atom stereocenters. The fraction of sp³-hybridized carbons (Fsp3) is 1.00. The molecule has 44 heavy (non-hydrogen) atoms. The summed E-state index contributed by atoms with van der Waals surface area (Å²) in [6.45, 7) is 13.4. The largest absolute Gasteiger partial charge is 3.00 e. The number of rotatable bonds is 23. The molecule has 0 aliphatic heterocycles. The van der Waals surface area contributed by atoms with Gasteiger partial charge in [0.15, 0.2) is 0 Å². The van der Waals surface area contributed by atoms with E-state index in [9.17, 15) is 0 Å². The van der Waals surface area contributed by atoms with Gasteiger partial charge >= 0.3 is 72.7 Å². The first-order chi connectivity index (χ1) is 15.8. The molecule has 0 fully saturated rings. The molecule has 0 aromatic carbocycles. The van der Waals surface area contributed by atoms with Crippen LogP contribution in [0.1, 0.15) is 125 Å². The van der Waals surface area contributed by atoms with Crippen LogP contribution in [0.2, 0.25) is 0 Å². The smallest absolute Gasteiger partial charge is 1.00 e. The molecule has 0 aliphatic carbocycles. The van der Waals surface area contributed by atoms with Gasteiger partial charge in [-0.3, -0.25) is 0 Å². The van der Waals surface area contributed by atoms with Crippen LogP contribution < -0.4 is 104 Å². The Kier molecular flexibility index (Phi) is 128. The van der Waals surface area contributed by atoms with Crippen LogP contribution in [-0.2, 0) is 34.5 Å². The Balaban J connectivity index is -0.0000000332. The summed E-state index contributed by atoms with van der Waals surface area (Å²) in [5.74, 6) is 0. The molecule has 0 aromatic rings. The second-order valence-corrected chi connectivity index (χ2v) is 12.0. The number of nitrogens with zero attached hydrogens (tertiary/aromatic N) is 1. The second kappa shape index (κ2) is 65.1. The summed E-state index contributed by atoms with van der Waals surface area (Å²) in [5, 5.41) is 0. The van der Waals surface area contributed by atoms with Crippen molar-refractivity contribution in [3.63, 3.8) is 0 Å². The van der Waals surface area contributed by atoms with Crippen molar-refractivity contribution in [2.45, 2.75) is 125 Å². The maximum Gasteiger partial charge on any atom is 3.00 e. The minimum absolute atomic E-state index is 0. The molecule has 7 nitrogen and oxygen atoms in total. The molecule has 0 bridgehead atoms. The Labute approximate surface area is 355 Å². The molecule has 0 aliphatic rings. The molecule has 0 heterocycles. The average Bonchev–Trinajstić information content (AvgIpc) is 2.74. The van der Waals surface area contributed by atoms with Crippen molar-refractivity contribution >= 4 is 26.4 Å². The van der Waals surface area contributed by atoms with Gasteiger partial charge in [-0.25, -0.2) is 0 Å². The Bertz CT molecular complexity index is 399. The van der Waals surface area contributed by atoms with Gasteiger partial charge in [-0.2, -0.15) is 0 Å². The minimum Gasteiger partial charge on any atom is -1.00 e. The van der Waals surface area contributed by atoms with E-state index < -0.39 is 9.05 Å². The monoisotopic (exact) mass is 846 g/mol. The van der Waals surface area contributed by atoms with E-state index in [1.165, 1.54) is 96.4 Å². The Morgan fingerprint density at radius 3 is 0.841 bits per heavy atom. The third-order valence-corrected chi connectivity index (χ3v) is 8.04. The number of hydrogen-bond acceptors (Lipinski definition) is 5. The molecule has 3 N–H and O–H groups in total. The summed E-state index contributed by atoms with van der Waals surface area (Å²) in [6.07, 6.45) is 20.4. The van der Waals surface area contributed by atoms with Gasteiger partial charge in [-0.15, -0.1) is 0 Å². The van der Waals surface area contributed by atoms with Gasteiger partial charge in [0.25, 0.3) is 0 Å². The predicted octanol–water partition coefficient (Wildman–Crippen LogP) is -14.6. The van der Waals surface area contributed by atoms with Crippen molar-refractivity contribution in [1.82, 2.24) is 0 Å². The molecular formula is C27H65AlCl6CoNNaO6Si. The normalized spacial score (nSPS) is 9.00. The van der Waals surface area contributed by atoms with Crippen LogP contribution in [0.5, 0.6) is 0 Å². The van der Waals surface area contributed by atoms with Gasteiger partial charge in [0.2, 0.25) is 0 Å². The Morgan fingerprint density at radius 1 is 0.455 bits per heavy atom. The number of unbranched alkanes of at least 4 members (excludes halogenated alkanes) is 13. The third kappa shape index (κ3) is 67.8. The zero-order valence-electron chi connectivity index (χ0n) is 29.1. The molecule has 17 heteroatoms. The molecule has 1 radical (unpaired) electrons. The first-order valence-corrected chi connectivity index (χ1v) is 15.8. The van der Waals surface area contributed by atoms with E-state index in [0.717, 1.165) is 4.48 Å². The van der Waals surface area contributed by atoms with Gasteiger partial charge in [-0.1, -0.05) is 84.0 Å². The predicted molar refractivity (Wildman–Crippen MR) is 157 cm³/mol. The van der Waals surface area contributed by atoms with Crippen LogP contribution in [0.4, 0.5) is 0 Å². The zero-order valence-corrected chi connectivity index (χ0v) is 38.9. The first-order valence-electron chi connectivity index (χ1n) is 14.2. The summed E-state index contributed by atoms with van der Waals surface area (Å²) in [7, 11) is 4.09. The molecular weight excluding hydrogens is 784 g/mol. The SMILES string of the molecule is CCCCCCCCCCCCCCCC[N+](C)(C)C.CCO[Si](OCC)(OCC)OCC.O.[Al+3].[Cl-].[Cl-].[Cl-].[Cl-].[Cl-].[Cl-].[Co+2].[Na+].[OH-]. The average molecular weight is 850 g/mol. The maximum atomic E-state index is 5.42. The first kappa shape index (κ1) is 86.4. The van der Waals surface area contributed by atoms with Crippen molar-refractivity contribution in [2.75, 3.05) is 54.1 Å². The van der Waals surface area contributed by atoms with Crippen LogP contribution in [0.3, 0.4) is 0 Å². The third-order valence-electron chi connectivity index (χ3n) is 5.47. The second-order valence-electron chi connectivity index (χ2n) is 9.84. The van der Waals surface area contributed by atoms with E-state index >= 15 is 0 Å². The van der Waals surface area contributed by atoms with E-state index in [-0.39, 0.29) is 149 Å². The summed E-state index contributed by atoms with van der Waals surface area (Å²) in [6, 6.07) is 0. The van der Waals surface area contributed by atoms with Crippen molar-refractivity contribution in [1.29, 1.82) is 0 Å². The van der Waals surface area contributed by atoms with Crippen molar-refractivity contribution in [3.8, 4) is 0 Å². The van der Waals surface area contributed by atoms with Crippen molar-refractivity contribution in [3.05, 3.63) is 0 Å². The van der Waals surface area contributed by atoms with Gasteiger partial charge < -0.3 is 108 Å². The van der Waals surface area contributed by atoms with Crippen LogP contribution in [-0.4, -0.2) is 96.0 Å². The van der Waals surface area contributed by atoms with Gasteiger partial charge in [0, 0.05) is 26.4 Å². The quantitative estimate of drug-likeness (QED) is 0.0579. The maximum absolute atomic E-state index is 5.42. The molecule has 0 spiro atoms. The molecule has 0 atom stereocenters. The van der Waals surface area contributed by atoms with Gasteiger partial charge in [-0.05, 0) is 40.5 Å². The molecule has 273 valence electrons. The topological polar surface area (TPSA) is 98.4 Å². The van der Waals surface area contributed by atoms with E-state index in [4.69, 9.17) is 17.7 Å². The Morgan fingerprint density at radius 2 is 0.659 bits per heavy atom. The fourth-order valence-electron chi connectivity index (χ4n) is 3.74.